The quantitative estimate of drug-likeness (QED) is 0.862. The van der Waals surface area contributed by atoms with E-state index in [0.717, 1.165) is 31.4 Å². The van der Waals surface area contributed by atoms with Crippen molar-refractivity contribution in [3.8, 4) is 0 Å². The number of hydrogen-bond donors (Lipinski definition) is 1. The number of rotatable bonds is 2. The minimum Gasteiger partial charge on any atom is -0.322 e. The first-order valence-electron chi connectivity index (χ1n) is 6.95. The van der Waals surface area contributed by atoms with Gasteiger partial charge in [0.05, 0.1) is 0 Å². The highest BCUT2D eigenvalue weighted by atomic mass is 19.1. The van der Waals surface area contributed by atoms with Gasteiger partial charge in [0.2, 0.25) is 0 Å². The monoisotopic (exact) mass is 264 g/mol. The molecule has 0 aliphatic carbocycles. The number of aryl methyl sites for hydroxylation is 1. The Balaban J connectivity index is 2.09. The molecule has 0 radical (unpaired) electrons. The Labute approximate surface area is 113 Å². The van der Waals surface area contributed by atoms with Crippen molar-refractivity contribution in [3.63, 3.8) is 0 Å². The van der Waals surface area contributed by atoms with Gasteiger partial charge in [0.1, 0.15) is 5.82 Å². The number of carbonyl (C=O) groups is 1. The molecule has 4 heteroatoms. The highest BCUT2D eigenvalue weighted by Gasteiger charge is 2.25. The van der Waals surface area contributed by atoms with E-state index in [1.54, 1.807) is 6.07 Å². The lowest BCUT2D eigenvalue weighted by Crippen LogP contribution is -2.45. The minimum absolute atomic E-state index is 0.111. The topological polar surface area (TPSA) is 32.3 Å². The third-order valence-corrected chi connectivity index (χ3v) is 3.80. The van der Waals surface area contributed by atoms with Crippen LogP contribution in [0.25, 0.3) is 0 Å². The van der Waals surface area contributed by atoms with Gasteiger partial charge in [-0.2, -0.15) is 0 Å². The molecule has 2 amide bonds. The summed E-state index contributed by atoms with van der Waals surface area (Å²) in [5.41, 5.74) is 1.44. The Bertz CT molecular complexity index is 461. The van der Waals surface area contributed by atoms with E-state index >= 15 is 0 Å². The van der Waals surface area contributed by atoms with Gasteiger partial charge >= 0.3 is 6.03 Å². The van der Waals surface area contributed by atoms with Gasteiger partial charge in [-0.05, 0) is 50.3 Å². The Morgan fingerprint density at radius 3 is 3.00 bits per heavy atom. The van der Waals surface area contributed by atoms with E-state index < -0.39 is 0 Å². The highest BCUT2D eigenvalue weighted by molar-refractivity contribution is 5.90. The summed E-state index contributed by atoms with van der Waals surface area (Å²) in [5, 5.41) is 2.83. The molecule has 3 nitrogen and oxygen atoms in total. The predicted molar refractivity (Wildman–Crippen MR) is 74.8 cm³/mol. The van der Waals surface area contributed by atoms with Gasteiger partial charge in [-0.3, -0.25) is 0 Å². The van der Waals surface area contributed by atoms with Gasteiger partial charge in [0.15, 0.2) is 0 Å². The zero-order chi connectivity index (χ0) is 13.8. The zero-order valence-corrected chi connectivity index (χ0v) is 11.6. The fourth-order valence-corrected chi connectivity index (χ4v) is 2.61. The molecule has 2 rings (SSSR count). The van der Waals surface area contributed by atoms with Crippen molar-refractivity contribution in [3.05, 3.63) is 29.6 Å². The molecule has 1 saturated heterocycles. The first-order chi connectivity index (χ1) is 9.11. The second-order valence-corrected chi connectivity index (χ2v) is 5.14. The second-order valence-electron chi connectivity index (χ2n) is 5.14. The molecule has 0 aromatic heterocycles. The van der Waals surface area contributed by atoms with Crippen molar-refractivity contribution >= 4 is 11.7 Å². The van der Waals surface area contributed by atoms with Crippen LogP contribution in [0.3, 0.4) is 0 Å². The summed E-state index contributed by atoms with van der Waals surface area (Å²) in [4.78, 5) is 14.2. The number of halogens is 1. The SMILES string of the molecule is CC[C@@H]1CCCCN1C(=O)Nc1cc(F)ccc1C. The smallest absolute Gasteiger partial charge is 0.322 e. The van der Waals surface area contributed by atoms with Gasteiger partial charge in [-0.1, -0.05) is 13.0 Å². The van der Waals surface area contributed by atoms with E-state index in [4.69, 9.17) is 0 Å². The van der Waals surface area contributed by atoms with Crippen LogP contribution in [0.2, 0.25) is 0 Å². The maximum atomic E-state index is 13.2. The summed E-state index contributed by atoms with van der Waals surface area (Å²) in [7, 11) is 0. The Hall–Kier alpha value is -1.58. The van der Waals surface area contributed by atoms with Gasteiger partial charge in [-0.15, -0.1) is 0 Å². The number of urea groups is 1. The van der Waals surface area contributed by atoms with Crippen LogP contribution >= 0.6 is 0 Å². The molecule has 19 heavy (non-hydrogen) atoms. The summed E-state index contributed by atoms with van der Waals surface area (Å²) < 4.78 is 13.2. The lowest BCUT2D eigenvalue weighted by atomic mass is 10.0. The number of benzene rings is 1. The summed E-state index contributed by atoms with van der Waals surface area (Å²) in [6.07, 6.45) is 4.26. The molecular weight excluding hydrogens is 243 g/mol. The standard InChI is InChI=1S/C15H21FN2O/c1-3-13-6-4-5-9-18(13)15(19)17-14-10-12(16)8-7-11(14)2/h7-8,10,13H,3-6,9H2,1-2H3,(H,17,19)/t13-/m1/s1. The van der Waals surface area contributed by atoms with Crippen LogP contribution in [-0.2, 0) is 0 Å². The number of piperidine rings is 1. The van der Waals surface area contributed by atoms with Crippen LogP contribution in [0.1, 0.15) is 38.2 Å². The van der Waals surface area contributed by atoms with Gasteiger partial charge in [0, 0.05) is 18.3 Å². The van der Waals surface area contributed by atoms with Gasteiger partial charge in [0.25, 0.3) is 0 Å². The van der Waals surface area contributed by atoms with Crippen molar-refractivity contribution in [2.45, 2.75) is 45.6 Å². The third kappa shape index (κ3) is 3.25. The molecule has 1 aromatic rings. The van der Waals surface area contributed by atoms with Crippen LogP contribution < -0.4 is 5.32 Å². The summed E-state index contributed by atoms with van der Waals surface area (Å²) in [6, 6.07) is 4.65. The molecule has 0 spiro atoms. The number of nitrogens with zero attached hydrogens (tertiary/aromatic N) is 1. The van der Waals surface area contributed by atoms with Crippen LogP contribution in [0.5, 0.6) is 0 Å². The summed E-state index contributed by atoms with van der Waals surface area (Å²) in [6.45, 7) is 4.75. The molecule has 1 N–H and O–H groups in total. The predicted octanol–water partition coefficient (Wildman–Crippen LogP) is 3.93. The molecule has 0 saturated carbocycles. The normalized spacial score (nSPS) is 19.3. The maximum Gasteiger partial charge on any atom is 0.322 e. The molecule has 1 aliphatic heterocycles. The molecule has 1 aromatic carbocycles. The Kier molecular flexibility index (Phi) is 4.40. The van der Waals surface area contributed by atoms with Crippen LogP contribution in [0.15, 0.2) is 18.2 Å². The average Bonchev–Trinajstić information content (AvgIpc) is 2.42. The Morgan fingerprint density at radius 1 is 1.47 bits per heavy atom. The Morgan fingerprint density at radius 2 is 2.26 bits per heavy atom. The lowest BCUT2D eigenvalue weighted by Gasteiger charge is -2.35. The molecule has 0 bridgehead atoms. The van der Waals surface area contributed by atoms with Gasteiger partial charge < -0.3 is 10.2 Å². The number of amides is 2. The lowest BCUT2D eigenvalue weighted by molar-refractivity contribution is 0.160. The van der Waals surface area contributed by atoms with E-state index in [9.17, 15) is 9.18 Å². The number of anilines is 1. The number of likely N-dealkylation sites (tertiary alicyclic amines) is 1. The molecule has 104 valence electrons. The molecule has 1 aliphatic rings. The van der Waals surface area contributed by atoms with Crippen molar-refractivity contribution < 1.29 is 9.18 Å². The van der Waals surface area contributed by atoms with Crippen molar-refractivity contribution in [1.82, 2.24) is 4.90 Å². The van der Waals surface area contributed by atoms with E-state index in [-0.39, 0.29) is 11.8 Å². The second kappa shape index (κ2) is 6.04. The molecule has 0 unspecified atom stereocenters. The van der Waals surface area contributed by atoms with Crippen molar-refractivity contribution in [2.75, 3.05) is 11.9 Å². The molecule has 1 heterocycles. The summed E-state index contributed by atoms with van der Waals surface area (Å²) in [5.74, 6) is -0.327. The van der Waals surface area contributed by atoms with Crippen LogP contribution in [0, 0.1) is 12.7 Å². The van der Waals surface area contributed by atoms with E-state index in [1.807, 2.05) is 11.8 Å². The largest absolute Gasteiger partial charge is 0.322 e. The van der Waals surface area contributed by atoms with Crippen LogP contribution in [0.4, 0.5) is 14.9 Å². The van der Waals surface area contributed by atoms with E-state index in [0.29, 0.717) is 11.7 Å². The van der Waals surface area contributed by atoms with Crippen molar-refractivity contribution in [1.29, 1.82) is 0 Å². The molecule has 1 atom stereocenters. The maximum absolute atomic E-state index is 13.2. The fourth-order valence-electron chi connectivity index (χ4n) is 2.61. The third-order valence-electron chi connectivity index (χ3n) is 3.80. The summed E-state index contributed by atoms with van der Waals surface area (Å²) >= 11 is 0. The first-order valence-corrected chi connectivity index (χ1v) is 6.95. The highest BCUT2D eigenvalue weighted by Crippen LogP contribution is 2.22. The van der Waals surface area contributed by atoms with E-state index in [1.165, 1.54) is 18.6 Å². The fraction of sp³-hybridized carbons (Fsp3) is 0.533. The van der Waals surface area contributed by atoms with Gasteiger partial charge in [-0.25, -0.2) is 9.18 Å². The van der Waals surface area contributed by atoms with Crippen LogP contribution in [-0.4, -0.2) is 23.5 Å². The molecular formula is C15H21FN2O. The molecule has 1 fully saturated rings. The zero-order valence-electron chi connectivity index (χ0n) is 11.6. The number of hydrogen-bond acceptors (Lipinski definition) is 1. The number of carbonyl (C=O) groups excluding carboxylic acids is 1. The number of nitrogens with one attached hydrogen (secondary N) is 1. The minimum atomic E-state index is -0.327. The first kappa shape index (κ1) is 13.8. The van der Waals surface area contributed by atoms with E-state index in [2.05, 4.69) is 12.2 Å². The average molecular weight is 264 g/mol. The van der Waals surface area contributed by atoms with Crippen molar-refractivity contribution in [2.24, 2.45) is 0 Å².